The number of hydrogen-bond donors (Lipinski definition) is 2. The zero-order chi connectivity index (χ0) is 15.0. The van der Waals surface area contributed by atoms with Crippen LogP contribution >= 0.6 is 0 Å². The molecule has 20 heavy (non-hydrogen) atoms. The van der Waals surface area contributed by atoms with Gasteiger partial charge in [-0.3, -0.25) is 4.79 Å². The topological polar surface area (TPSA) is 67.6 Å². The zero-order valence-electron chi connectivity index (χ0n) is 12.0. The van der Waals surface area contributed by atoms with E-state index in [0.717, 1.165) is 12.6 Å². The minimum atomic E-state index is -0.627. The van der Waals surface area contributed by atoms with Crippen molar-refractivity contribution < 1.29 is 13.9 Å². The first-order valence-corrected chi connectivity index (χ1v) is 6.52. The first-order chi connectivity index (χ1) is 9.50. The quantitative estimate of drug-likeness (QED) is 0.651. The molecule has 0 saturated carbocycles. The Morgan fingerprint density at radius 1 is 1.40 bits per heavy atom. The summed E-state index contributed by atoms with van der Waals surface area (Å²) in [7, 11) is 3.97. The third-order valence-corrected chi connectivity index (χ3v) is 2.76. The van der Waals surface area contributed by atoms with Crippen molar-refractivity contribution in [1.29, 1.82) is 0 Å². The highest BCUT2D eigenvalue weighted by atomic mass is 19.1. The summed E-state index contributed by atoms with van der Waals surface area (Å²) in [6.07, 6.45) is 0. The van der Waals surface area contributed by atoms with Gasteiger partial charge in [-0.2, -0.15) is 0 Å². The number of nitrogens with zero attached hydrogens (tertiary/aromatic N) is 1. The van der Waals surface area contributed by atoms with Crippen molar-refractivity contribution >= 4 is 5.91 Å². The van der Waals surface area contributed by atoms with Gasteiger partial charge >= 0.3 is 0 Å². The molecule has 1 amide bonds. The number of amides is 1. The normalized spacial score (nSPS) is 11.0. The molecule has 1 rings (SSSR count). The predicted molar refractivity (Wildman–Crippen MR) is 76.0 cm³/mol. The minimum absolute atomic E-state index is 0.179. The summed E-state index contributed by atoms with van der Waals surface area (Å²) in [5, 5.41) is 3.08. The Kier molecular flexibility index (Phi) is 7.14. The average molecular weight is 283 g/mol. The molecule has 0 heterocycles. The van der Waals surface area contributed by atoms with Crippen molar-refractivity contribution in [3.8, 4) is 0 Å². The number of ether oxygens (including phenoxy) is 1. The highest BCUT2D eigenvalue weighted by molar-refractivity contribution is 5.92. The van der Waals surface area contributed by atoms with Crippen LogP contribution in [0.4, 0.5) is 4.39 Å². The van der Waals surface area contributed by atoms with Gasteiger partial charge in [0.05, 0.1) is 13.2 Å². The number of primary amides is 1. The van der Waals surface area contributed by atoms with Crippen molar-refractivity contribution in [2.45, 2.75) is 6.54 Å². The van der Waals surface area contributed by atoms with Crippen LogP contribution in [0.1, 0.15) is 15.9 Å². The summed E-state index contributed by atoms with van der Waals surface area (Å²) in [5.41, 5.74) is 5.76. The maximum atomic E-state index is 13.6. The largest absolute Gasteiger partial charge is 0.379 e. The van der Waals surface area contributed by atoms with Crippen molar-refractivity contribution in [3.05, 3.63) is 35.1 Å². The second-order valence-electron chi connectivity index (χ2n) is 4.76. The summed E-state index contributed by atoms with van der Waals surface area (Å²) < 4.78 is 19.0. The first-order valence-electron chi connectivity index (χ1n) is 6.52. The molecule has 0 fully saturated rings. The molecule has 0 aliphatic carbocycles. The van der Waals surface area contributed by atoms with Gasteiger partial charge in [-0.25, -0.2) is 4.39 Å². The maximum absolute atomic E-state index is 13.6. The molecule has 0 saturated heterocycles. The van der Waals surface area contributed by atoms with E-state index < -0.39 is 11.7 Å². The van der Waals surface area contributed by atoms with Crippen molar-refractivity contribution in [1.82, 2.24) is 10.2 Å². The number of halogens is 1. The lowest BCUT2D eigenvalue weighted by molar-refractivity contribution is 0.1000. The lowest BCUT2D eigenvalue weighted by Gasteiger charge is -2.10. The molecule has 1 aromatic rings. The van der Waals surface area contributed by atoms with Crippen LogP contribution < -0.4 is 11.1 Å². The third-order valence-electron chi connectivity index (χ3n) is 2.76. The number of carbonyl (C=O) groups is 1. The summed E-state index contributed by atoms with van der Waals surface area (Å²) in [6.45, 7) is 3.17. The van der Waals surface area contributed by atoms with Gasteiger partial charge in [0, 0.05) is 30.8 Å². The third kappa shape index (κ3) is 6.10. The number of rotatable bonds is 9. The number of hydrogen-bond acceptors (Lipinski definition) is 4. The molecule has 0 spiro atoms. The summed E-state index contributed by atoms with van der Waals surface area (Å²) in [4.78, 5) is 12.9. The Labute approximate surface area is 118 Å². The van der Waals surface area contributed by atoms with E-state index in [0.29, 0.717) is 31.9 Å². The molecule has 6 heteroatoms. The van der Waals surface area contributed by atoms with E-state index in [2.05, 4.69) is 5.32 Å². The standard InChI is InChI=1S/C14H22FN3O2/c1-18(2)6-8-20-7-5-17-10-12-4-3-11(14(16)19)9-13(12)15/h3-4,9,17H,5-8,10H2,1-2H3,(H2,16,19). The van der Waals surface area contributed by atoms with E-state index in [1.54, 1.807) is 6.07 Å². The van der Waals surface area contributed by atoms with Gasteiger partial charge in [0.25, 0.3) is 0 Å². The van der Waals surface area contributed by atoms with Crippen molar-refractivity contribution in [2.24, 2.45) is 5.73 Å². The van der Waals surface area contributed by atoms with Crippen LogP contribution in [-0.4, -0.2) is 51.2 Å². The van der Waals surface area contributed by atoms with E-state index in [-0.39, 0.29) is 5.56 Å². The fourth-order valence-corrected chi connectivity index (χ4v) is 1.56. The Hall–Kier alpha value is -1.50. The minimum Gasteiger partial charge on any atom is -0.379 e. The smallest absolute Gasteiger partial charge is 0.248 e. The van der Waals surface area contributed by atoms with Crippen LogP contribution in [0.3, 0.4) is 0 Å². The molecule has 0 radical (unpaired) electrons. The Balaban J connectivity index is 2.24. The molecule has 0 atom stereocenters. The van der Waals surface area contributed by atoms with Crippen LogP contribution in [0.15, 0.2) is 18.2 Å². The molecule has 112 valence electrons. The highest BCUT2D eigenvalue weighted by Crippen LogP contribution is 2.09. The van der Waals surface area contributed by atoms with Gasteiger partial charge in [-0.05, 0) is 26.2 Å². The van der Waals surface area contributed by atoms with Crippen LogP contribution in [0.25, 0.3) is 0 Å². The Bertz CT molecular complexity index is 438. The average Bonchev–Trinajstić information content (AvgIpc) is 2.38. The molecule has 0 aliphatic rings. The fourth-order valence-electron chi connectivity index (χ4n) is 1.56. The second kappa shape index (κ2) is 8.63. The van der Waals surface area contributed by atoms with E-state index in [4.69, 9.17) is 10.5 Å². The predicted octanol–water partition coefficient (Wildman–Crippen LogP) is 0.592. The second-order valence-corrected chi connectivity index (χ2v) is 4.76. The van der Waals surface area contributed by atoms with Crippen LogP contribution in [-0.2, 0) is 11.3 Å². The molecule has 0 bridgehead atoms. The van der Waals surface area contributed by atoms with Gasteiger partial charge in [0.2, 0.25) is 5.91 Å². The van der Waals surface area contributed by atoms with E-state index in [1.165, 1.54) is 6.07 Å². The van der Waals surface area contributed by atoms with Crippen LogP contribution in [0, 0.1) is 5.82 Å². The number of carbonyl (C=O) groups excluding carboxylic acids is 1. The Morgan fingerprint density at radius 3 is 2.75 bits per heavy atom. The molecular weight excluding hydrogens is 261 g/mol. The summed E-state index contributed by atoms with van der Waals surface area (Å²) in [6, 6.07) is 4.25. The van der Waals surface area contributed by atoms with E-state index in [9.17, 15) is 9.18 Å². The van der Waals surface area contributed by atoms with Gasteiger partial charge in [-0.15, -0.1) is 0 Å². The number of nitrogens with two attached hydrogens (primary N) is 1. The lowest BCUT2D eigenvalue weighted by Crippen LogP contribution is -2.23. The van der Waals surface area contributed by atoms with Gasteiger partial charge in [0.1, 0.15) is 5.82 Å². The molecule has 5 nitrogen and oxygen atoms in total. The van der Waals surface area contributed by atoms with Crippen molar-refractivity contribution in [3.63, 3.8) is 0 Å². The number of benzene rings is 1. The maximum Gasteiger partial charge on any atom is 0.248 e. The van der Waals surface area contributed by atoms with Crippen LogP contribution in [0.2, 0.25) is 0 Å². The SMILES string of the molecule is CN(C)CCOCCNCc1ccc(C(N)=O)cc1F. The highest BCUT2D eigenvalue weighted by Gasteiger charge is 2.06. The zero-order valence-corrected chi connectivity index (χ0v) is 12.0. The molecular formula is C14H22FN3O2. The first kappa shape index (κ1) is 16.6. The Morgan fingerprint density at radius 2 is 2.15 bits per heavy atom. The van der Waals surface area contributed by atoms with Gasteiger partial charge < -0.3 is 20.7 Å². The van der Waals surface area contributed by atoms with E-state index in [1.807, 2.05) is 19.0 Å². The lowest BCUT2D eigenvalue weighted by atomic mass is 10.1. The summed E-state index contributed by atoms with van der Waals surface area (Å²) in [5.74, 6) is -1.06. The van der Waals surface area contributed by atoms with Gasteiger partial charge in [-0.1, -0.05) is 6.07 Å². The molecule has 0 unspecified atom stereocenters. The number of likely N-dealkylation sites (N-methyl/N-ethyl adjacent to an activating group) is 1. The molecule has 0 aliphatic heterocycles. The molecule has 3 N–H and O–H groups in total. The number of nitrogens with one attached hydrogen (secondary N) is 1. The van der Waals surface area contributed by atoms with Crippen LogP contribution in [0.5, 0.6) is 0 Å². The van der Waals surface area contributed by atoms with Gasteiger partial charge in [0.15, 0.2) is 0 Å². The molecule has 0 aromatic heterocycles. The summed E-state index contributed by atoms with van der Waals surface area (Å²) >= 11 is 0. The molecule has 1 aromatic carbocycles. The monoisotopic (exact) mass is 283 g/mol. The fraction of sp³-hybridized carbons (Fsp3) is 0.500. The van der Waals surface area contributed by atoms with Crippen molar-refractivity contribution in [2.75, 3.05) is 40.4 Å². The van der Waals surface area contributed by atoms with E-state index >= 15 is 0 Å².